The number of benzene rings is 1. The third kappa shape index (κ3) is 4.04. The first kappa shape index (κ1) is 17.3. The molecule has 0 aliphatic carbocycles. The minimum Gasteiger partial charge on any atom is -0.508 e. The molecule has 0 spiro atoms. The molecule has 24 heavy (non-hydrogen) atoms. The molecule has 0 atom stereocenters. The number of hydrogen-bond acceptors (Lipinski definition) is 5. The van der Waals surface area contributed by atoms with Crippen LogP contribution in [0.15, 0.2) is 36.0 Å². The van der Waals surface area contributed by atoms with E-state index in [1.54, 1.807) is 24.1 Å². The SMILES string of the molecule is CN(/C=C(/C#N)C(=O)N1CCC(C(=O)O)CC1)c1ccc(O)cc1. The smallest absolute Gasteiger partial charge is 0.306 e. The molecule has 1 aromatic rings. The third-order valence-corrected chi connectivity index (χ3v) is 4.06. The number of amides is 1. The Labute approximate surface area is 140 Å². The Bertz CT molecular complexity index is 683. The molecule has 1 amide bonds. The Morgan fingerprint density at radius 1 is 1.29 bits per heavy atom. The lowest BCUT2D eigenvalue weighted by molar-refractivity contribution is -0.145. The second-order valence-corrected chi connectivity index (χ2v) is 5.69. The van der Waals surface area contributed by atoms with Crippen LogP contribution in [0.3, 0.4) is 0 Å². The lowest BCUT2D eigenvalue weighted by Gasteiger charge is -2.30. The normalized spacial score (nSPS) is 15.7. The summed E-state index contributed by atoms with van der Waals surface area (Å²) >= 11 is 0. The third-order valence-electron chi connectivity index (χ3n) is 4.06. The molecule has 1 saturated heterocycles. The summed E-state index contributed by atoms with van der Waals surface area (Å²) in [5.74, 6) is -1.53. The Morgan fingerprint density at radius 2 is 1.88 bits per heavy atom. The lowest BCUT2D eigenvalue weighted by atomic mass is 9.97. The summed E-state index contributed by atoms with van der Waals surface area (Å²) in [4.78, 5) is 26.5. The summed E-state index contributed by atoms with van der Waals surface area (Å²) < 4.78 is 0. The number of carbonyl (C=O) groups excluding carboxylic acids is 1. The molecule has 0 bridgehead atoms. The van der Waals surface area contributed by atoms with E-state index in [1.807, 2.05) is 6.07 Å². The van der Waals surface area contributed by atoms with Gasteiger partial charge in [0.2, 0.25) is 0 Å². The van der Waals surface area contributed by atoms with Gasteiger partial charge >= 0.3 is 5.97 Å². The van der Waals surface area contributed by atoms with Crippen molar-refractivity contribution >= 4 is 17.6 Å². The fourth-order valence-corrected chi connectivity index (χ4v) is 2.59. The number of carbonyl (C=O) groups is 2. The molecule has 2 N–H and O–H groups in total. The second kappa shape index (κ2) is 7.51. The average molecular weight is 329 g/mol. The van der Waals surface area contributed by atoms with Crippen LogP contribution >= 0.6 is 0 Å². The maximum atomic E-state index is 12.4. The van der Waals surface area contributed by atoms with Crippen LogP contribution in [0.2, 0.25) is 0 Å². The molecule has 7 nitrogen and oxygen atoms in total. The van der Waals surface area contributed by atoms with E-state index in [0.717, 1.165) is 5.69 Å². The predicted molar refractivity (Wildman–Crippen MR) is 87.1 cm³/mol. The minimum absolute atomic E-state index is 0.0145. The maximum Gasteiger partial charge on any atom is 0.306 e. The number of aromatic hydroxyl groups is 1. The van der Waals surface area contributed by atoms with Crippen LogP contribution < -0.4 is 4.90 Å². The largest absolute Gasteiger partial charge is 0.508 e. The van der Waals surface area contributed by atoms with Crippen molar-refractivity contribution < 1.29 is 19.8 Å². The van der Waals surface area contributed by atoms with Crippen LogP contribution in [0.25, 0.3) is 0 Å². The van der Waals surface area contributed by atoms with Gasteiger partial charge in [-0.2, -0.15) is 5.26 Å². The van der Waals surface area contributed by atoms with Gasteiger partial charge in [-0.25, -0.2) is 0 Å². The molecular weight excluding hydrogens is 310 g/mol. The molecule has 2 rings (SSSR count). The fourth-order valence-electron chi connectivity index (χ4n) is 2.59. The molecule has 7 heteroatoms. The first-order valence-corrected chi connectivity index (χ1v) is 7.58. The summed E-state index contributed by atoms with van der Waals surface area (Å²) in [5, 5.41) is 27.6. The van der Waals surface area contributed by atoms with Crippen LogP contribution in [0, 0.1) is 17.2 Å². The van der Waals surface area contributed by atoms with Crippen molar-refractivity contribution in [2.75, 3.05) is 25.0 Å². The summed E-state index contributed by atoms with van der Waals surface area (Å²) in [5.41, 5.74) is 0.706. The van der Waals surface area contributed by atoms with Crippen molar-refractivity contribution in [3.63, 3.8) is 0 Å². The number of nitrogens with zero attached hydrogens (tertiary/aromatic N) is 3. The van der Waals surface area contributed by atoms with Crippen LogP contribution in [0.4, 0.5) is 5.69 Å². The van der Waals surface area contributed by atoms with Gasteiger partial charge in [-0.1, -0.05) is 0 Å². The Kier molecular flexibility index (Phi) is 5.42. The van der Waals surface area contributed by atoms with E-state index < -0.39 is 17.8 Å². The zero-order chi connectivity index (χ0) is 17.7. The number of phenols is 1. The number of phenolic OH excluding ortho intramolecular Hbond substituents is 1. The highest BCUT2D eigenvalue weighted by Gasteiger charge is 2.28. The number of hydrogen-bond donors (Lipinski definition) is 2. The van der Waals surface area contributed by atoms with Crippen molar-refractivity contribution in [3.05, 3.63) is 36.0 Å². The molecule has 0 aromatic heterocycles. The maximum absolute atomic E-state index is 12.4. The van der Waals surface area contributed by atoms with Crippen LogP contribution in [-0.2, 0) is 9.59 Å². The number of carboxylic acid groups (broad SMARTS) is 1. The van der Waals surface area contributed by atoms with Crippen molar-refractivity contribution in [2.24, 2.45) is 5.92 Å². The van der Waals surface area contributed by atoms with Gasteiger partial charge in [-0.3, -0.25) is 9.59 Å². The highest BCUT2D eigenvalue weighted by molar-refractivity contribution is 5.97. The number of likely N-dealkylation sites (tertiary alicyclic amines) is 1. The predicted octanol–water partition coefficient (Wildman–Crippen LogP) is 1.56. The van der Waals surface area contributed by atoms with Crippen molar-refractivity contribution in [2.45, 2.75) is 12.8 Å². The molecular formula is C17H19N3O4. The highest BCUT2D eigenvalue weighted by Crippen LogP contribution is 2.21. The number of carboxylic acids is 1. The lowest BCUT2D eigenvalue weighted by Crippen LogP contribution is -2.41. The monoisotopic (exact) mass is 329 g/mol. The minimum atomic E-state index is -0.842. The Morgan fingerprint density at radius 3 is 2.38 bits per heavy atom. The topological polar surface area (TPSA) is 105 Å². The van der Waals surface area contributed by atoms with Gasteiger partial charge < -0.3 is 20.0 Å². The van der Waals surface area contributed by atoms with Gasteiger partial charge in [0.05, 0.1) is 5.92 Å². The standard InChI is InChI=1S/C17H19N3O4/c1-19(14-2-4-15(21)5-3-14)11-13(10-18)16(22)20-8-6-12(7-9-20)17(23)24/h2-5,11-12,21H,6-9H2,1H3,(H,23,24)/b13-11-. The van der Waals surface area contributed by atoms with Gasteiger partial charge in [0.25, 0.3) is 5.91 Å². The van der Waals surface area contributed by atoms with E-state index in [2.05, 4.69) is 0 Å². The van der Waals surface area contributed by atoms with Crippen molar-refractivity contribution in [1.29, 1.82) is 5.26 Å². The van der Waals surface area contributed by atoms with E-state index in [4.69, 9.17) is 5.11 Å². The number of nitriles is 1. The first-order valence-electron chi connectivity index (χ1n) is 7.58. The molecule has 1 aliphatic rings. The second-order valence-electron chi connectivity index (χ2n) is 5.69. The molecule has 1 aliphatic heterocycles. The zero-order valence-electron chi connectivity index (χ0n) is 13.3. The molecule has 0 saturated carbocycles. The quantitative estimate of drug-likeness (QED) is 0.641. The van der Waals surface area contributed by atoms with E-state index in [-0.39, 0.29) is 11.3 Å². The molecule has 126 valence electrons. The molecule has 1 heterocycles. The van der Waals surface area contributed by atoms with Gasteiger partial charge in [0.1, 0.15) is 17.4 Å². The van der Waals surface area contributed by atoms with Gasteiger partial charge in [-0.05, 0) is 37.1 Å². The van der Waals surface area contributed by atoms with Gasteiger partial charge in [0, 0.05) is 32.0 Å². The number of piperidine rings is 1. The number of aliphatic carboxylic acids is 1. The van der Waals surface area contributed by atoms with E-state index in [0.29, 0.717) is 25.9 Å². The highest BCUT2D eigenvalue weighted by atomic mass is 16.4. The van der Waals surface area contributed by atoms with Crippen molar-refractivity contribution in [3.8, 4) is 11.8 Å². The number of rotatable bonds is 4. The summed E-state index contributed by atoms with van der Waals surface area (Å²) in [6.07, 6.45) is 2.24. The Balaban J connectivity index is 2.07. The summed E-state index contributed by atoms with van der Waals surface area (Å²) in [6, 6.07) is 8.28. The number of anilines is 1. The average Bonchev–Trinajstić information content (AvgIpc) is 2.59. The molecule has 1 aromatic carbocycles. The molecule has 0 radical (unpaired) electrons. The van der Waals surface area contributed by atoms with E-state index in [1.165, 1.54) is 23.2 Å². The van der Waals surface area contributed by atoms with E-state index >= 15 is 0 Å². The fraction of sp³-hybridized carbons (Fsp3) is 0.353. The van der Waals surface area contributed by atoms with Crippen LogP contribution in [0.5, 0.6) is 5.75 Å². The van der Waals surface area contributed by atoms with Crippen molar-refractivity contribution in [1.82, 2.24) is 4.90 Å². The van der Waals surface area contributed by atoms with Gasteiger partial charge in [0.15, 0.2) is 0 Å². The summed E-state index contributed by atoms with van der Waals surface area (Å²) in [6.45, 7) is 0.662. The van der Waals surface area contributed by atoms with E-state index in [9.17, 15) is 20.0 Å². The molecule has 0 unspecified atom stereocenters. The Hall–Kier alpha value is -3.01. The van der Waals surface area contributed by atoms with Crippen LogP contribution in [-0.4, -0.2) is 47.1 Å². The zero-order valence-corrected chi connectivity index (χ0v) is 13.3. The first-order chi connectivity index (χ1) is 11.4. The van der Waals surface area contributed by atoms with Gasteiger partial charge in [-0.15, -0.1) is 0 Å². The summed E-state index contributed by atoms with van der Waals surface area (Å²) in [7, 11) is 1.70. The molecule has 1 fully saturated rings. The van der Waals surface area contributed by atoms with Crippen LogP contribution in [0.1, 0.15) is 12.8 Å².